The van der Waals surface area contributed by atoms with Crippen molar-refractivity contribution >= 4 is 0 Å². The highest BCUT2D eigenvalue weighted by Crippen LogP contribution is 1.96. The monoisotopic (exact) mass is 203 g/mol. The fraction of sp³-hybridized carbons (Fsp3) is 1.00. The van der Waals surface area contributed by atoms with Gasteiger partial charge in [0, 0.05) is 26.9 Å². The molecule has 14 heavy (non-hydrogen) atoms. The Kier molecular flexibility index (Phi) is 10.9. The predicted octanol–water partition coefficient (Wildman–Crippen LogP) is 1.82. The molecule has 0 saturated heterocycles. The van der Waals surface area contributed by atoms with Crippen LogP contribution in [0.25, 0.3) is 0 Å². The minimum atomic E-state index is 0.516. The Morgan fingerprint density at radius 1 is 1.07 bits per heavy atom. The van der Waals surface area contributed by atoms with E-state index in [2.05, 4.69) is 12.2 Å². The van der Waals surface area contributed by atoms with E-state index in [9.17, 15) is 0 Å². The maximum Gasteiger partial charge on any atom is 0.0615 e. The zero-order chi connectivity index (χ0) is 10.6. The maximum atomic E-state index is 5.11. The van der Waals surface area contributed by atoms with Gasteiger partial charge in [-0.2, -0.15) is 0 Å². The summed E-state index contributed by atoms with van der Waals surface area (Å²) in [5.41, 5.74) is 0. The van der Waals surface area contributed by atoms with Crippen LogP contribution in [0, 0.1) is 0 Å². The van der Waals surface area contributed by atoms with E-state index >= 15 is 0 Å². The number of rotatable bonds is 10. The molecule has 0 aromatic carbocycles. The molecule has 0 aromatic heterocycles. The smallest absolute Gasteiger partial charge is 0.0615 e. The number of methoxy groups -OCH3 is 2. The van der Waals surface area contributed by atoms with Crippen molar-refractivity contribution in [2.75, 3.05) is 34.0 Å². The lowest BCUT2D eigenvalue weighted by Gasteiger charge is -2.15. The summed E-state index contributed by atoms with van der Waals surface area (Å²) in [5, 5.41) is 3.48. The van der Waals surface area contributed by atoms with Crippen LogP contribution in [-0.2, 0) is 9.47 Å². The van der Waals surface area contributed by atoms with Crippen LogP contribution < -0.4 is 5.32 Å². The normalized spacial score (nSPS) is 13.1. The van der Waals surface area contributed by atoms with Gasteiger partial charge in [-0.3, -0.25) is 0 Å². The van der Waals surface area contributed by atoms with Crippen molar-refractivity contribution in [1.82, 2.24) is 5.32 Å². The highest BCUT2D eigenvalue weighted by Gasteiger charge is 2.02. The van der Waals surface area contributed by atoms with Crippen LogP contribution in [0.15, 0.2) is 0 Å². The molecular formula is C11H25NO2. The standard InChI is InChI=1S/C11H25NO2/c1-4-11(10-14-3)12-8-6-5-7-9-13-2/h11-12H,4-10H2,1-3H3. The molecule has 1 atom stereocenters. The molecule has 1 unspecified atom stereocenters. The van der Waals surface area contributed by atoms with E-state index < -0.39 is 0 Å². The van der Waals surface area contributed by atoms with Crippen molar-refractivity contribution in [1.29, 1.82) is 0 Å². The summed E-state index contributed by atoms with van der Waals surface area (Å²) in [7, 11) is 3.51. The largest absolute Gasteiger partial charge is 0.385 e. The Hall–Kier alpha value is -0.120. The first-order valence-corrected chi connectivity index (χ1v) is 5.56. The minimum Gasteiger partial charge on any atom is -0.385 e. The molecule has 0 fully saturated rings. The van der Waals surface area contributed by atoms with Crippen LogP contribution in [0.2, 0.25) is 0 Å². The molecule has 0 rings (SSSR count). The summed E-state index contributed by atoms with van der Waals surface area (Å²) < 4.78 is 10.1. The molecule has 0 aliphatic rings. The predicted molar refractivity (Wildman–Crippen MR) is 59.7 cm³/mol. The summed E-state index contributed by atoms with van der Waals surface area (Å²) in [6.45, 7) is 4.97. The molecule has 0 amide bonds. The van der Waals surface area contributed by atoms with Gasteiger partial charge >= 0.3 is 0 Å². The van der Waals surface area contributed by atoms with E-state index in [4.69, 9.17) is 9.47 Å². The highest BCUT2D eigenvalue weighted by atomic mass is 16.5. The Morgan fingerprint density at radius 3 is 2.43 bits per heavy atom. The molecular weight excluding hydrogens is 178 g/mol. The van der Waals surface area contributed by atoms with Crippen LogP contribution in [0.3, 0.4) is 0 Å². The van der Waals surface area contributed by atoms with Gasteiger partial charge in [0.25, 0.3) is 0 Å². The Bertz CT molecular complexity index is 109. The zero-order valence-corrected chi connectivity index (χ0v) is 9.84. The van der Waals surface area contributed by atoms with Gasteiger partial charge in [-0.25, -0.2) is 0 Å². The molecule has 3 nitrogen and oxygen atoms in total. The van der Waals surface area contributed by atoms with Crippen molar-refractivity contribution in [2.45, 2.75) is 38.6 Å². The minimum absolute atomic E-state index is 0.516. The number of hydrogen-bond acceptors (Lipinski definition) is 3. The van der Waals surface area contributed by atoms with Gasteiger partial charge in [-0.1, -0.05) is 6.92 Å². The van der Waals surface area contributed by atoms with Gasteiger partial charge in [0.2, 0.25) is 0 Å². The molecule has 0 aromatic rings. The molecule has 0 bridgehead atoms. The molecule has 0 saturated carbocycles. The van der Waals surface area contributed by atoms with Crippen LogP contribution in [0.4, 0.5) is 0 Å². The topological polar surface area (TPSA) is 30.5 Å². The Balaban J connectivity index is 3.15. The molecule has 0 aliphatic carbocycles. The lowest BCUT2D eigenvalue weighted by atomic mass is 10.2. The van der Waals surface area contributed by atoms with E-state index in [-0.39, 0.29) is 0 Å². The van der Waals surface area contributed by atoms with Crippen LogP contribution in [-0.4, -0.2) is 40.0 Å². The molecule has 0 spiro atoms. The average molecular weight is 203 g/mol. The summed E-state index contributed by atoms with van der Waals surface area (Å²) in [5.74, 6) is 0. The molecule has 1 N–H and O–H groups in total. The lowest BCUT2D eigenvalue weighted by molar-refractivity contribution is 0.163. The third-order valence-corrected chi connectivity index (χ3v) is 2.32. The van der Waals surface area contributed by atoms with E-state index in [1.54, 1.807) is 14.2 Å². The quantitative estimate of drug-likeness (QED) is 0.549. The first kappa shape index (κ1) is 13.9. The summed E-state index contributed by atoms with van der Waals surface area (Å²) in [6, 6.07) is 0.516. The van der Waals surface area contributed by atoms with Gasteiger partial charge in [0.05, 0.1) is 6.61 Å². The SMILES string of the molecule is CCC(COC)NCCCCCOC. The fourth-order valence-corrected chi connectivity index (χ4v) is 1.38. The zero-order valence-electron chi connectivity index (χ0n) is 9.84. The van der Waals surface area contributed by atoms with Gasteiger partial charge in [0.15, 0.2) is 0 Å². The molecule has 0 radical (unpaired) electrons. The third kappa shape index (κ3) is 8.48. The summed E-state index contributed by atoms with van der Waals surface area (Å²) in [4.78, 5) is 0. The number of unbranched alkanes of at least 4 members (excludes halogenated alkanes) is 2. The van der Waals surface area contributed by atoms with Crippen molar-refractivity contribution in [3.8, 4) is 0 Å². The molecule has 86 valence electrons. The third-order valence-electron chi connectivity index (χ3n) is 2.32. The van der Waals surface area contributed by atoms with Crippen molar-refractivity contribution in [2.24, 2.45) is 0 Å². The van der Waals surface area contributed by atoms with Crippen molar-refractivity contribution in [3.63, 3.8) is 0 Å². The van der Waals surface area contributed by atoms with E-state index in [1.165, 1.54) is 19.3 Å². The highest BCUT2D eigenvalue weighted by molar-refractivity contribution is 4.63. The first-order valence-electron chi connectivity index (χ1n) is 5.56. The average Bonchev–Trinajstić information content (AvgIpc) is 2.21. The number of hydrogen-bond donors (Lipinski definition) is 1. The Labute approximate surface area is 88.2 Å². The van der Waals surface area contributed by atoms with Crippen LogP contribution in [0.5, 0.6) is 0 Å². The van der Waals surface area contributed by atoms with Crippen LogP contribution in [0.1, 0.15) is 32.6 Å². The van der Waals surface area contributed by atoms with E-state index in [0.717, 1.165) is 26.2 Å². The van der Waals surface area contributed by atoms with Crippen molar-refractivity contribution in [3.05, 3.63) is 0 Å². The van der Waals surface area contributed by atoms with Gasteiger partial charge in [-0.05, 0) is 32.2 Å². The first-order chi connectivity index (χ1) is 6.85. The molecule has 0 aliphatic heterocycles. The van der Waals surface area contributed by atoms with Gasteiger partial charge < -0.3 is 14.8 Å². The second kappa shape index (κ2) is 11.0. The summed E-state index contributed by atoms with van der Waals surface area (Å²) >= 11 is 0. The van der Waals surface area contributed by atoms with E-state index in [1.807, 2.05) is 0 Å². The fourth-order valence-electron chi connectivity index (χ4n) is 1.38. The second-order valence-electron chi connectivity index (χ2n) is 3.57. The van der Waals surface area contributed by atoms with Crippen LogP contribution >= 0.6 is 0 Å². The van der Waals surface area contributed by atoms with Gasteiger partial charge in [-0.15, -0.1) is 0 Å². The Morgan fingerprint density at radius 2 is 1.86 bits per heavy atom. The van der Waals surface area contributed by atoms with Gasteiger partial charge in [0.1, 0.15) is 0 Å². The molecule has 0 heterocycles. The number of nitrogens with one attached hydrogen (secondary N) is 1. The van der Waals surface area contributed by atoms with Crippen molar-refractivity contribution < 1.29 is 9.47 Å². The molecule has 3 heteroatoms. The second-order valence-corrected chi connectivity index (χ2v) is 3.57. The number of ether oxygens (including phenoxy) is 2. The lowest BCUT2D eigenvalue weighted by Crippen LogP contribution is -2.33. The van der Waals surface area contributed by atoms with E-state index in [0.29, 0.717) is 6.04 Å². The summed E-state index contributed by atoms with van der Waals surface area (Å²) in [6.07, 6.45) is 4.76. The maximum absolute atomic E-state index is 5.11.